The summed E-state index contributed by atoms with van der Waals surface area (Å²) in [5, 5.41) is 5.25. The van der Waals surface area contributed by atoms with E-state index in [4.69, 9.17) is 11.6 Å². The summed E-state index contributed by atoms with van der Waals surface area (Å²) in [6, 6.07) is 14.4. The van der Waals surface area contributed by atoms with Crippen LogP contribution in [0, 0.1) is 6.92 Å². The average molecular weight is 296 g/mol. The number of aromatic nitrogens is 1. The fourth-order valence-electron chi connectivity index (χ4n) is 2.82. The topological polar surface area (TPSA) is 28.2 Å². The molecule has 0 atom stereocenters. The van der Waals surface area contributed by atoms with Crippen molar-refractivity contribution >= 4 is 39.6 Å². The van der Waals surface area contributed by atoms with Crippen LogP contribution in [0.4, 0.5) is 17.1 Å². The molecule has 4 heteroatoms. The minimum absolute atomic E-state index is 0.711. The molecule has 0 unspecified atom stereocenters. The first-order valence-electron chi connectivity index (χ1n) is 6.89. The first-order chi connectivity index (χ1) is 10.2. The SMILES string of the molecule is Cc1ccc2c(c1)N(c1ccnc3cc(Cl)ccc13)CN2. The quantitative estimate of drug-likeness (QED) is 0.704. The number of rotatable bonds is 1. The van der Waals surface area contributed by atoms with Crippen LogP contribution in [-0.2, 0) is 0 Å². The Labute approximate surface area is 128 Å². The van der Waals surface area contributed by atoms with Gasteiger partial charge in [-0.3, -0.25) is 4.98 Å². The van der Waals surface area contributed by atoms with Gasteiger partial charge in [0.05, 0.1) is 29.2 Å². The highest BCUT2D eigenvalue weighted by Gasteiger charge is 2.21. The normalized spacial score (nSPS) is 13.3. The van der Waals surface area contributed by atoms with Crippen molar-refractivity contribution in [2.24, 2.45) is 0 Å². The molecule has 0 spiro atoms. The van der Waals surface area contributed by atoms with Crippen molar-refractivity contribution in [3.63, 3.8) is 0 Å². The first kappa shape index (κ1) is 12.5. The fraction of sp³-hybridized carbons (Fsp3) is 0.118. The second-order valence-electron chi connectivity index (χ2n) is 5.28. The third-order valence-corrected chi connectivity index (χ3v) is 4.08. The van der Waals surface area contributed by atoms with Gasteiger partial charge in [0.15, 0.2) is 0 Å². The highest BCUT2D eigenvalue weighted by Crippen LogP contribution is 2.40. The van der Waals surface area contributed by atoms with Crippen LogP contribution in [0.15, 0.2) is 48.7 Å². The Morgan fingerprint density at radius 2 is 2.00 bits per heavy atom. The third-order valence-electron chi connectivity index (χ3n) is 3.84. The zero-order chi connectivity index (χ0) is 14.4. The van der Waals surface area contributed by atoms with Gasteiger partial charge in [-0.05, 0) is 48.9 Å². The lowest BCUT2D eigenvalue weighted by Gasteiger charge is -2.20. The number of nitrogens with zero attached hydrogens (tertiary/aromatic N) is 2. The van der Waals surface area contributed by atoms with Crippen molar-refractivity contribution in [2.75, 3.05) is 16.9 Å². The minimum atomic E-state index is 0.711. The van der Waals surface area contributed by atoms with Gasteiger partial charge in [-0.2, -0.15) is 0 Å². The molecule has 2 aromatic carbocycles. The number of anilines is 3. The van der Waals surface area contributed by atoms with E-state index in [0.717, 1.165) is 23.3 Å². The van der Waals surface area contributed by atoms with Gasteiger partial charge in [-0.25, -0.2) is 0 Å². The molecular weight excluding hydrogens is 282 g/mol. The second kappa shape index (κ2) is 4.64. The Morgan fingerprint density at radius 1 is 1.10 bits per heavy atom. The lowest BCUT2D eigenvalue weighted by atomic mass is 10.1. The molecule has 0 saturated heterocycles. The average Bonchev–Trinajstić information content (AvgIpc) is 2.89. The standard InChI is InChI=1S/C17H14ClN3/c1-11-2-5-14-17(8-11)21(10-20-14)16-6-7-19-15-9-12(18)3-4-13(15)16/h2-9,20H,10H2,1H3. The minimum Gasteiger partial charge on any atom is -0.366 e. The highest BCUT2D eigenvalue weighted by molar-refractivity contribution is 6.31. The summed E-state index contributed by atoms with van der Waals surface area (Å²) in [5.41, 5.74) is 5.69. The fourth-order valence-corrected chi connectivity index (χ4v) is 2.99. The van der Waals surface area contributed by atoms with Crippen LogP contribution >= 0.6 is 11.6 Å². The van der Waals surface area contributed by atoms with Gasteiger partial charge < -0.3 is 10.2 Å². The number of nitrogens with one attached hydrogen (secondary N) is 1. The first-order valence-corrected chi connectivity index (χ1v) is 7.26. The molecule has 0 saturated carbocycles. The second-order valence-corrected chi connectivity index (χ2v) is 5.71. The molecule has 0 radical (unpaired) electrons. The van der Waals surface area contributed by atoms with Gasteiger partial charge in [0, 0.05) is 16.6 Å². The van der Waals surface area contributed by atoms with Crippen LogP contribution in [0.3, 0.4) is 0 Å². The Kier molecular flexibility index (Phi) is 2.76. The molecule has 21 heavy (non-hydrogen) atoms. The third kappa shape index (κ3) is 2.01. The zero-order valence-corrected chi connectivity index (χ0v) is 12.4. The lowest BCUT2D eigenvalue weighted by Crippen LogP contribution is -2.16. The van der Waals surface area contributed by atoms with Crippen LogP contribution in [0.1, 0.15) is 5.56 Å². The van der Waals surface area contributed by atoms with Crippen LogP contribution in [-0.4, -0.2) is 11.7 Å². The maximum absolute atomic E-state index is 6.07. The van der Waals surface area contributed by atoms with Gasteiger partial charge in [0.1, 0.15) is 0 Å². The summed E-state index contributed by atoms with van der Waals surface area (Å²) < 4.78 is 0. The van der Waals surface area contributed by atoms with E-state index in [1.54, 1.807) is 0 Å². The number of hydrogen-bond acceptors (Lipinski definition) is 3. The molecule has 104 valence electrons. The van der Waals surface area contributed by atoms with E-state index in [2.05, 4.69) is 46.4 Å². The van der Waals surface area contributed by atoms with Crippen LogP contribution in [0.2, 0.25) is 5.02 Å². The molecule has 0 aliphatic carbocycles. The maximum atomic E-state index is 6.07. The molecule has 1 aliphatic heterocycles. The molecule has 0 fully saturated rings. The molecule has 3 aromatic rings. The van der Waals surface area contributed by atoms with E-state index >= 15 is 0 Å². The van der Waals surface area contributed by atoms with Crippen LogP contribution < -0.4 is 10.2 Å². The van der Waals surface area contributed by atoms with Gasteiger partial charge in [-0.15, -0.1) is 0 Å². The predicted octanol–water partition coefficient (Wildman–Crippen LogP) is 4.72. The van der Waals surface area contributed by atoms with E-state index < -0.39 is 0 Å². The molecule has 0 bridgehead atoms. The van der Waals surface area contributed by atoms with E-state index in [1.165, 1.54) is 16.9 Å². The molecule has 1 aromatic heterocycles. The monoisotopic (exact) mass is 295 g/mol. The number of halogens is 1. The Morgan fingerprint density at radius 3 is 2.90 bits per heavy atom. The Hall–Kier alpha value is -2.26. The van der Waals surface area contributed by atoms with Gasteiger partial charge in [0.2, 0.25) is 0 Å². The van der Waals surface area contributed by atoms with Crippen molar-refractivity contribution in [2.45, 2.75) is 6.92 Å². The van der Waals surface area contributed by atoms with Crippen molar-refractivity contribution in [1.29, 1.82) is 0 Å². The highest BCUT2D eigenvalue weighted by atomic mass is 35.5. The smallest absolute Gasteiger partial charge is 0.0927 e. The van der Waals surface area contributed by atoms with Crippen LogP contribution in [0.25, 0.3) is 10.9 Å². The number of aryl methyl sites for hydroxylation is 1. The summed E-state index contributed by atoms with van der Waals surface area (Å²) >= 11 is 6.07. The summed E-state index contributed by atoms with van der Waals surface area (Å²) in [4.78, 5) is 6.69. The summed E-state index contributed by atoms with van der Waals surface area (Å²) in [6.07, 6.45) is 1.84. The number of fused-ring (bicyclic) bond motifs is 2. The number of benzene rings is 2. The van der Waals surface area contributed by atoms with E-state index in [0.29, 0.717) is 5.02 Å². The summed E-state index contributed by atoms with van der Waals surface area (Å²) in [5.74, 6) is 0. The molecule has 2 heterocycles. The van der Waals surface area contributed by atoms with Crippen molar-refractivity contribution in [1.82, 2.24) is 4.98 Å². The van der Waals surface area contributed by atoms with E-state index in [-0.39, 0.29) is 0 Å². The van der Waals surface area contributed by atoms with Crippen molar-refractivity contribution in [3.8, 4) is 0 Å². The predicted molar refractivity (Wildman–Crippen MR) is 88.6 cm³/mol. The summed E-state index contributed by atoms with van der Waals surface area (Å²) in [7, 11) is 0. The Bertz CT molecular complexity index is 845. The van der Waals surface area contributed by atoms with Crippen molar-refractivity contribution in [3.05, 3.63) is 59.2 Å². The summed E-state index contributed by atoms with van der Waals surface area (Å²) in [6.45, 7) is 2.88. The molecular formula is C17H14ClN3. The molecule has 1 N–H and O–H groups in total. The lowest BCUT2D eigenvalue weighted by molar-refractivity contribution is 1.10. The Balaban J connectivity index is 1.91. The zero-order valence-electron chi connectivity index (χ0n) is 11.6. The largest absolute Gasteiger partial charge is 0.366 e. The number of hydrogen-bond donors (Lipinski definition) is 1. The van der Waals surface area contributed by atoms with E-state index in [1.807, 2.05) is 24.4 Å². The van der Waals surface area contributed by atoms with Crippen molar-refractivity contribution < 1.29 is 0 Å². The molecule has 4 rings (SSSR count). The molecule has 3 nitrogen and oxygen atoms in total. The van der Waals surface area contributed by atoms with E-state index in [9.17, 15) is 0 Å². The molecule has 1 aliphatic rings. The van der Waals surface area contributed by atoms with Gasteiger partial charge in [0.25, 0.3) is 0 Å². The number of pyridine rings is 1. The van der Waals surface area contributed by atoms with Crippen LogP contribution in [0.5, 0.6) is 0 Å². The molecule has 0 amide bonds. The maximum Gasteiger partial charge on any atom is 0.0927 e. The van der Waals surface area contributed by atoms with Gasteiger partial charge >= 0.3 is 0 Å². The van der Waals surface area contributed by atoms with Gasteiger partial charge in [-0.1, -0.05) is 17.7 Å².